The Bertz CT molecular complexity index is 746. The minimum atomic E-state index is -0.375. The van der Waals surface area contributed by atoms with Gasteiger partial charge in [-0.3, -0.25) is 0 Å². The predicted molar refractivity (Wildman–Crippen MR) is 113 cm³/mol. The van der Waals surface area contributed by atoms with Gasteiger partial charge in [0.25, 0.3) is 0 Å². The molecule has 2 aromatic rings. The molecule has 1 aromatic heterocycles. The van der Waals surface area contributed by atoms with Crippen LogP contribution in [-0.4, -0.2) is 19.6 Å². The molecule has 1 atom stereocenters. The summed E-state index contributed by atoms with van der Waals surface area (Å²) in [5, 5.41) is 6.50. The molecule has 0 aliphatic carbocycles. The molecule has 7 heteroatoms. The second kappa shape index (κ2) is 10.4. The molecule has 0 saturated carbocycles. The molecule has 144 valence electrons. The largest absolute Gasteiger partial charge is 0.494 e. The molecular weight excluding hydrogens is 448 g/mol. The van der Waals surface area contributed by atoms with Gasteiger partial charge < -0.3 is 19.8 Å². The zero-order valence-corrected chi connectivity index (χ0v) is 18.2. The van der Waals surface area contributed by atoms with E-state index in [4.69, 9.17) is 9.15 Å². The fraction of sp³-hybridized carbons (Fsp3) is 0.421. The van der Waals surface area contributed by atoms with Gasteiger partial charge in [0.2, 0.25) is 0 Å². The van der Waals surface area contributed by atoms with Crippen LogP contribution in [0.5, 0.6) is 5.75 Å². The normalized spacial score (nSPS) is 12.3. The molecule has 0 amide bonds. The van der Waals surface area contributed by atoms with Gasteiger partial charge in [-0.25, -0.2) is 9.38 Å². The molecule has 0 aliphatic heterocycles. The van der Waals surface area contributed by atoms with Gasteiger partial charge in [0, 0.05) is 12.1 Å². The summed E-state index contributed by atoms with van der Waals surface area (Å²) < 4.78 is 24.4. The highest BCUT2D eigenvalue weighted by Crippen LogP contribution is 2.21. The van der Waals surface area contributed by atoms with Gasteiger partial charge in [-0.15, -0.1) is 24.0 Å². The molecule has 26 heavy (non-hydrogen) atoms. The van der Waals surface area contributed by atoms with E-state index in [1.807, 2.05) is 39.8 Å². The topological polar surface area (TPSA) is 58.8 Å². The van der Waals surface area contributed by atoms with Crippen molar-refractivity contribution in [1.29, 1.82) is 0 Å². The van der Waals surface area contributed by atoms with Crippen LogP contribution in [0.3, 0.4) is 0 Å². The first-order chi connectivity index (χ1) is 11.9. The number of hydrogen-bond donors (Lipinski definition) is 2. The molecule has 0 radical (unpaired) electrons. The third kappa shape index (κ3) is 5.89. The van der Waals surface area contributed by atoms with Crippen molar-refractivity contribution in [2.24, 2.45) is 4.99 Å². The maximum atomic E-state index is 13.9. The first-order valence-corrected chi connectivity index (χ1v) is 8.38. The van der Waals surface area contributed by atoms with Crippen LogP contribution >= 0.6 is 24.0 Å². The Kier molecular flexibility index (Phi) is 8.91. The van der Waals surface area contributed by atoms with E-state index in [1.165, 1.54) is 13.2 Å². The second-order valence-corrected chi connectivity index (χ2v) is 5.89. The highest BCUT2D eigenvalue weighted by atomic mass is 127. The lowest BCUT2D eigenvalue weighted by molar-refractivity contribution is 0.386. The van der Waals surface area contributed by atoms with E-state index in [-0.39, 0.29) is 41.6 Å². The van der Waals surface area contributed by atoms with Gasteiger partial charge >= 0.3 is 0 Å². The van der Waals surface area contributed by atoms with Gasteiger partial charge in [-0.05, 0) is 51.5 Å². The number of ether oxygens (including phenoxy) is 1. The number of halogens is 2. The SMILES string of the molecule is CCNC(=NCc1cc(C)oc1C)NC(C)c1ccc(OC)c(F)c1.I. The van der Waals surface area contributed by atoms with Crippen molar-refractivity contribution in [3.05, 3.63) is 52.7 Å². The number of aryl methyl sites for hydroxylation is 2. The van der Waals surface area contributed by atoms with Gasteiger partial charge in [-0.2, -0.15) is 0 Å². The molecule has 2 N–H and O–H groups in total. The lowest BCUT2D eigenvalue weighted by atomic mass is 10.1. The summed E-state index contributed by atoms with van der Waals surface area (Å²) in [6, 6.07) is 6.83. The quantitative estimate of drug-likeness (QED) is 0.368. The van der Waals surface area contributed by atoms with Crippen molar-refractivity contribution in [3.63, 3.8) is 0 Å². The molecule has 0 aliphatic rings. The van der Waals surface area contributed by atoms with E-state index in [1.54, 1.807) is 6.07 Å². The van der Waals surface area contributed by atoms with Crippen LogP contribution < -0.4 is 15.4 Å². The summed E-state index contributed by atoms with van der Waals surface area (Å²) in [5.74, 6) is 2.29. The molecule has 0 bridgehead atoms. The number of guanidine groups is 1. The molecule has 0 saturated heterocycles. The number of rotatable bonds is 6. The molecule has 5 nitrogen and oxygen atoms in total. The number of hydrogen-bond acceptors (Lipinski definition) is 3. The van der Waals surface area contributed by atoms with Crippen LogP contribution in [0.2, 0.25) is 0 Å². The van der Waals surface area contributed by atoms with Crippen molar-refractivity contribution >= 4 is 29.9 Å². The summed E-state index contributed by atoms with van der Waals surface area (Å²) in [4.78, 5) is 4.60. The average molecular weight is 475 g/mol. The summed E-state index contributed by atoms with van der Waals surface area (Å²) in [6.45, 7) is 9.07. The van der Waals surface area contributed by atoms with Crippen molar-refractivity contribution in [2.75, 3.05) is 13.7 Å². The Morgan fingerprint density at radius 2 is 2.04 bits per heavy atom. The Hall–Kier alpha value is -1.77. The van der Waals surface area contributed by atoms with Gasteiger partial charge in [0.1, 0.15) is 11.5 Å². The van der Waals surface area contributed by atoms with Crippen molar-refractivity contribution in [1.82, 2.24) is 10.6 Å². The first kappa shape index (κ1) is 22.3. The van der Waals surface area contributed by atoms with Gasteiger partial charge in [0.05, 0.1) is 19.7 Å². The maximum Gasteiger partial charge on any atom is 0.192 e. The van der Waals surface area contributed by atoms with E-state index in [2.05, 4.69) is 15.6 Å². The summed E-state index contributed by atoms with van der Waals surface area (Å²) in [5.41, 5.74) is 1.87. The van der Waals surface area contributed by atoms with E-state index >= 15 is 0 Å². The first-order valence-electron chi connectivity index (χ1n) is 8.38. The second-order valence-electron chi connectivity index (χ2n) is 5.89. The number of aliphatic imine (C=N–C) groups is 1. The number of furan rings is 1. The highest BCUT2D eigenvalue weighted by Gasteiger charge is 2.12. The molecule has 1 unspecified atom stereocenters. The van der Waals surface area contributed by atoms with Gasteiger partial charge in [-0.1, -0.05) is 6.07 Å². The Morgan fingerprint density at radius 3 is 2.58 bits per heavy atom. The van der Waals surface area contributed by atoms with E-state index < -0.39 is 0 Å². The molecule has 0 fully saturated rings. The van der Waals surface area contributed by atoms with Gasteiger partial charge in [0.15, 0.2) is 17.5 Å². The average Bonchev–Trinajstić information content (AvgIpc) is 2.90. The molecule has 0 spiro atoms. The zero-order chi connectivity index (χ0) is 18.4. The minimum absolute atomic E-state index is 0. The van der Waals surface area contributed by atoms with Crippen molar-refractivity contribution in [2.45, 2.75) is 40.3 Å². The number of nitrogens with one attached hydrogen (secondary N) is 2. The van der Waals surface area contributed by atoms with Crippen LogP contribution in [-0.2, 0) is 6.54 Å². The predicted octanol–water partition coefficient (Wildman–Crippen LogP) is 4.48. The van der Waals surface area contributed by atoms with Crippen LogP contribution in [0.4, 0.5) is 4.39 Å². The highest BCUT2D eigenvalue weighted by molar-refractivity contribution is 14.0. The van der Waals surface area contributed by atoms with Crippen LogP contribution in [0, 0.1) is 19.7 Å². The Labute approximate surface area is 171 Å². The monoisotopic (exact) mass is 475 g/mol. The third-order valence-electron chi connectivity index (χ3n) is 3.92. The van der Waals surface area contributed by atoms with E-state index in [0.29, 0.717) is 12.5 Å². The maximum absolute atomic E-state index is 13.9. The van der Waals surface area contributed by atoms with Crippen LogP contribution in [0.25, 0.3) is 0 Å². The molecular formula is C19H27FIN3O2. The standard InChI is InChI=1S/C19H26FN3O2.HI/c1-6-21-19(22-11-16-9-12(2)25-14(16)4)23-13(3)15-7-8-18(24-5)17(20)10-15;/h7-10,13H,6,11H2,1-5H3,(H2,21,22,23);1H. The van der Waals surface area contributed by atoms with Crippen molar-refractivity contribution in [3.8, 4) is 5.75 Å². The summed E-state index contributed by atoms with van der Waals surface area (Å²) in [6.07, 6.45) is 0. The summed E-state index contributed by atoms with van der Waals surface area (Å²) in [7, 11) is 1.45. The van der Waals surface area contributed by atoms with Crippen molar-refractivity contribution < 1.29 is 13.5 Å². The summed E-state index contributed by atoms with van der Waals surface area (Å²) >= 11 is 0. The fourth-order valence-electron chi connectivity index (χ4n) is 2.57. The number of benzene rings is 1. The molecule has 2 rings (SSSR count). The van der Waals surface area contributed by atoms with E-state index in [0.717, 1.165) is 29.2 Å². The lowest BCUT2D eigenvalue weighted by Crippen LogP contribution is -2.38. The smallest absolute Gasteiger partial charge is 0.192 e. The number of methoxy groups -OCH3 is 1. The molecule has 1 heterocycles. The van der Waals surface area contributed by atoms with Crippen LogP contribution in [0.1, 0.15) is 42.5 Å². The molecule has 1 aromatic carbocycles. The Balaban J connectivity index is 0.00000338. The number of nitrogens with zero attached hydrogens (tertiary/aromatic N) is 1. The fourth-order valence-corrected chi connectivity index (χ4v) is 2.57. The lowest BCUT2D eigenvalue weighted by Gasteiger charge is -2.18. The minimum Gasteiger partial charge on any atom is -0.494 e. The van der Waals surface area contributed by atoms with E-state index in [9.17, 15) is 4.39 Å². The zero-order valence-electron chi connectivity index (χ0n) is 15.9. The third-order valence-corrected chi connectivity index (χ3v) is 3.92. The van der Waals surface area contributed by atoms with Crippen LogP contribution in [0.15, 0.2) is 33.7 Å². The Morgan fingerprint density at radius 1 is 1.31 bits per heavy atom.